The summed E-state index contributed by atoms with van der Waals surface area (Å²) in [5.74, 6) is -0.0714. The van der Waals surface area contributed by atoms with Crippen LogP contribution in [0.25, 0.3) is 0 Å². The molecule has 0 aromatic carbocycles. The molecule has 1 amide bonds. The van der Waals surface area contributed by atoms with Crippen LogP contribution in [0.3, 0.4) is 0 Å². The third kappa shape index (κ3) is 26.5. The Morgan fingerprint density at radius 2 is 1.00 bits per heavy atom. The molecule has 0 aromatic rings. The first kappa shape index (κ1) is 36.1. The fraction of sp³-hybridized carbons (Fsp3) is 0.909. The third-order valence-electron chi connectivity index (χ3n) is 7.52. The fourth-order valence-corrected chi connectivity index (χ4v) is 4.93. The van der Waals surface area contributed by atoms with Crippen LogP contribution >= 0.6 is 0 Å². The lowest BCUT2D eigenvalue weighted by Gasteiger charge is -2.19. The van der Waals surface area contributed by atoms with Gasteiger partial charge in [-0.2, -0.15) is 0 Å². The molecule has 0 heterocycles. The molecule has 4 nitrogen and oxygen atoms in total. The van der Waals surface area contributed by atoms with E-state index in [1.165, 1.54) is 122 Å². The molecule has 2 unspecified atom stereocenters. The normalized spacial score (nSPS) is 13.3. The number of unbranched alkanes of at least 4 members (excludes halogenated alkanes) is 22. The summed E-state index contributed by atoms with van der Waals surface area (Å²) in [5.41, 5.74) is 0. The second kappa shape index (κ2) is 29.7. The molecule has 0 aliphatic rings. The molecule has 0 aromatic heterocycles. The van der Waals surface area contributed by atoms with E-state index in [4.69, 9.17) is 0 Å². The summed E-state index contributed by atoms with van der Waals surface area (Å²) < 4.78 is 0. The second-order valence-electron chi connectivity index (χ2n) is 11.2. The van der Waals surface area contributed by atoms with E-state index in [-0.39, 0.29) is 12.5 Å². The Hall–Kier alpha value is -0.870. The van der Waals surface area contributed by atoms with Crippen molar-refractivity contribution >= 4 is 5.91 Å². The molecule has 0 saturated heterocycles. The Morgan fingerprint density at radius 1 is 0.622 bits per heavy atom. The lowest BCUT2D eigenvalue weighted by Crippen LogP contribution is -2.45. The largest absolute Gasteiger partial charge is 0.394 e. The first-order chi connectivity index (χ1) is 18.2. The quantitative estimate of drug-likeness (QED) is 0.0676. The zero-order chi connectivity index (χ0) is 27.2. The molecule has 0 fully saturated rings. The Bertz CT molecular complexity index is 494. The maximum Gasteiger partial charge on any atom is 0.220 e. The first-order valence-corrected chi connectivity index (χ1v) is 16.4. The highest BCUT2D eigenvalue weighted by Crippen LogP contribution is 2.15. The molecule has 37 heavy (non-hydrogen) atoms. The van der Waals surface area contributed by atoms with Crippen molar-refractivity contribution in [3.05, 3.63) is 12.2 Å². The SMILES string of the molecule is CCCC/C=C/C(O)C(CO)NC(=O)CCCCCCCCCCCCCCCCCCCCCCC. The van der Waals surface area contributed by atoms with Gasteiger partial charge in [0.2, 0.25) is 5.91 Å². The molecule has 0 saturated carbocycles. The Balaban J connectivity index is 3.40. The Kier molecular flexibility index (Phi) is 29.0. The third-order valence-corrected chi connectivity index (χ3v) is 7.52. The van der Waals surface area contributed by atoms with Crippen molar-refractivity contribution < 1.29 is 15.0 Å². The molecule has 4 heteroatoms. The van der Waals surface area contributed by atoms with Crippen LogP contribution in [0.15, 0.2) is 12.2 Å². The number of nitrogens with one attached hydrogen (secondary N) is 1. The fourth-order valence-electron chi connectivity index (χ4n) is 4.93. The van der Waals surface area contributed by atoms with Crippen molar-refractivity contribution in [3.63, 3.8) is 0 Å². The minimum absolute atomic E-state index is 0.0714. The highest BCUT2D eigenvalue weighted by Gasteiger charge is 2.17. The minimum Gasteiger partial charge on any atom is -0.394 e. The zero-order valence-electron chi connectivity index (χ0n) is 25.0. The summed E-state index contributed by atoms with van der Waals surface area (Å²) in [4.78, 5) is 12.1. The maximum absolute atomic E-state index is 12.1. The number of hydrogen-bond donors (Lipinski definition) is 3. The van der Waals surface area contributed by atoms with E-state index < -0.39 is 12.1 Å². The summed E-state index contributed by atoms with van der Waals surface area (Å²) in [5, 5.41) is 22.4. The van der Waals surface area contributed by atoms with E-state index >= 15 is 0 Å². The van der Waals surface area contributed by atoms with E-state index in [1.54, 1.807) is 6.08 Å². The lowest BCUT2D eigenvalue weighted by molar-refractivity contribution is -0.123. The van der Waals surface area contributed by atoms with Gasteiger partial charge in [0.05, 0.1) is 18.8 Å². The van der Waals surface area contributed by atoms with Gasteiger partial charge in [-0.25, -0.2) is 0 Å². The van der Waals surface area contributed by atoms with Crippen LogP contribution < -0.4 is 5.32 Å². The average molecular weight is 524 g/mol. The molecule has 0 aliphatic heterocycles. The minimum atomic E-state index is -0.828. The van der Waals surface area contributed by atoms with Gasteiger partial charge in [-0.15, -0.1) is 0 Å². The van der Waals surface area contributed by atoms with Crippen molar-refractivity contribution in [3.8, 4) is 0 Å². The molecule has 0 radical (unpaired) electrons. The van der Waals surface area contributed by atoms with E-state index in [2.05, 4.69) is 19.2 Å². The van der Waals surface area contributed by atoms with E-state index in [0.29, 0.717) is 6.42 Å². The highest BCUT2D eigenvalue weighted by atomic mass is 16.3. The summed E-state index contributed by atoms with van der Waals surface area (Å²) in [7, 11) is 0. The van der Waals surface area contributed by atoms with Crippen LogP contribution in [0, 0.1) is 0 Å². The van der Waals surface area contributed by atoms with Crippen LogP contribution in [-0.2, 0) is 4.79 Å². The summed E-state index contributed by atoms with van der Waals surface area (Å²) in [6.07, 6.45) is 34.8. The molecule has 0 spiro atoms. The predicted octanol–water partition coefficient (Wildman–Crippen LogP) is 9.17. The van der Waals surface area contributed by atoms with E-state index in [1.807, 2.05) is 6.08 Å². The number of carbonyl (C=O) groups excluding carboxylic acids is 1. The smallest absolute Gasteiger partial charge is 0.220 e. The van der Waals surface area contributed by atoms with Gasteiger partial charge in [0.1, 0.15) is 0 Å². The summed E-state index contributed by atoms with van der Waals surface area (Å²) in [6.45, 7) is 4.17. The second-order valence-corrected chi connectivity index (χ2v) is 11.2. The lowest BCUT2D eigenvalue weighted by atomic mass is 10.0. The van der Waals surface area contributed by atoms with Crippen LogP contribution in [0.2, 0.25) is 0 Å². The van der Waals surface area contributed by atoms with Gasteiger partial charge >= 0.3 is 0 Å². The van der Waals surface area contributed by atoms with Crippen molar-refractivity contribution in [2.24, 2.45) is 0 Å². The molecule has 3 N–H and O–H groups in total. The van der Waals surface area contributed by atoms with Gasteiger partial charge in [0, 0.05) is 6.42 Å². The number of rotatable bonds is 29. The molecule has 0 bridgehead atoms. The molecule has 220 valence electrons. The molecule has 0 aliphatic carbocycles. The van der Waals surface area contributed by atoms with Crippen molar-refractivity contribution in [2.75, 3.05) is 6.61 Å². The van der Waals surface area contributed by atoms with Gasteiger partial charge < -0.3 is 15.5 Å². The molecular formula is C33H65NO3. The highest BCUT2D eigenvalue weighted by molar-refractivity contribution is 5.76. The maximum atomic E-state index is 12.1. The monoisotopic (exact) mass is 523 g/mol. The number of aliphatic hydroxyl groups is 2. The van der Waals surface area contributed by atoms with Crippen LogP contribution in [-0.4, -0.2) is 34.9 Å². The van der Waals surface area contributed by atoms with Crippen molar-refractivity contribution in [2.45, 2.75) is 187 Å². The first-order valence-electron chi connectivity index (χ1n) is 16.4. The van der Waals surface area contributed by atoms with Crippen LogP contribution in [0.5, 0.6) is 0 Å². The summed E-state index contributed by atoms with van der Waals surface area (Å²) >= 11 is 0. The topological polar surface area (TPSA) is 69.6 Å². The summed E-state index contributed by atoms with van der Waals surface area (Å²) in [6, 6.07) is -0.611. The molecule has 2 atom stereocenters. The average Bonchev–Trinajstić information content (AvgIpc) is 2.90. The number of allylic oxidation sites excluding steroid dienone is 1. The van der Waals surface area contributed by atoms with E-state index in [0.717, 1.165) is 32.1 Å². The Morgan fingerprint density at radius 3 is 1.38 bits per heavy atom. The van der Waals surface area contributed by atoms with Gasteiger partial charge in [0.25, 0.3) is 0 Å². The van der Waals surface area contributed by atoms with E-state index in [9.17, 15) is 15.0 Å². The molecular weight excluding hydrogens is 458 g/mol. The van der Waals surface area contributed by atoms with Crippen molar-refractivity contribution in [1.29, 1.82) is 0 Å². The number of hydrogen-bond acceptors (Lipinski definition) is 3. The molecule has 0 rings (SSSR count). The zero-order valence-corrected chi connectivity index (χ0v) is 25.0. The van der Waals surface area contributed by atoms with Gasteiger partial charge in [0.15, 0.2) is 0 Å². The standard InChI is InChI=1S/C33H65NO3/c1-3-5-7-9-10-11-12-13-14-15-16-17-18-19-20-21-22-23-24-25-27-29-33(37)34-31(30-35)32(36)28-26-8-6-4-2/h26,28,31-32,35-36H,3-25,27,29-30H2,1-2H3,(H,34,37)/b28-26+. The predicted molar refractivity (Wildman–Crippen MR) is 161 cm³/mol. The Labute approximate surface area is 231 Å². The number of carbonyl (C=O) groups is 1. The van der Waals surface area contributed by atoms with Gasteiger partial charge in [-0.05, 0) is 12.8 Å². The van der Waals surface area contributed by atoms with Crippen molar-refractivity contribution in [1.82, 2.24) is 5.32 Å². The number of amides is 1. The van der Waals surface area contributed by atoms with Crippen LogP contribution in [0.1, 0.15) is 174 Å². The van der Waals surface area contributed by atoms with Gasteiger partial charge in [-0.1, -0.05) is 167 Å². The van der Waals surface area contributed by atoms with Crippen LogP contribution in [0.4, 0.5) is 0 Å². The number of aliphatic hydroxyl groups excluding tert-OH is 2. The van der Waals surface area contributed by atoms with Gasteiger partial charge in [-0.3, -0.25) is 4.79 Å².